The predicted octanol–water partition coefficient (Wildman–Crippen LogP) is 2.65. The molecule has 0 bridgehead atoms. The Labute approximate surface area is 129 Å². The van der Waals surface area contributed by atoms with E-state index in [1.54, 1.807) is 13.3 Å². The molecule has 1 heterocycles. The standard InChI is InChI=1S/C15H18ClN5/c1-3-18-15(17-2)20-19-11-14-5-4-10-21(14)13-8-6-12(16)7-9-13/h4-11H,3H2,1-2H3,(H2,17,18,20). The van der Waals surface area contributed by atoms with Crippen LogP contribution in [0.4, 0.5) is 0 Å². The number of hydrogen-bond acceptors (Lipinski definition) is 2. The van der Waals surface area contributed by atoms with E-state index in [0.29, 0.717) is 5.96 Å². The fourth-order valence-corrected chi connectivity index (χ4v) is 1.96. The molecule has 0 aliphatic heterocycles. The van der Waals surface area contributed by atoms with Gasteiger partial charge in [0.1, 0.15) is 0 Å². The number of hydrogen-bond donors (Lipinski definition) is 2. The number of aliphatic imine (C=N–C) groups is 1. The number of rotatable bonds is 4. The molecule has 0 aliphatic rings. The van der Waals surface area contributed by atoms with Crippen LogP contribution in [0.15, 0.2) is 52.7 Å². The Bertz CT molecular complexity index is 628. The van der Waals surface area contributed by atoms with Crippen molar-refractivity contribution in [1.82, 2.24) is 15.3 Å². The van der Waals surface area contributed by atoms with Crippen molar-refractivity contribution in [3.05, 3.63) is 53.3 Å². The molecule has 0 unspecified atom stereocenters. The van der Waals surface area contributed by atoms with Crippen molar-refractivity contribution in [1.29, 1.82) is 0 Å². The quantitative estimate of drug-likeness (QED) is 0.518. The zero-order valence-corrected chi connectivity index (χ0v) is 12.8. The zero-order valence-electron chi connectivity index (χ0n) is 12.0. The maximum absolute atomic E-state index is 5.91. The lowest BCUT2D eigenvalue weighted by Gasteiger charge is -2.07. The number of hydrazone groups is 1. The Hall–Kier alpha value is -2.27. The maximum atomic E-state index is 5.91. The van der Waals surface area contributed by atoms with Crippen molar-refractivity contribution in [3.8, 4) is 5.69 Å². The van der Waals surface area contributed by atoms with Crippen molar-refractivity contribution in [3.63, 3.8) is 0 Å². The zero-order chi connectivity index (χ0) is 15.1. The third-order valence-electron chi connectivity index (χ3n) is 2.82. The summed E-state index contributed by atoms with van der Waals surface area (Å²) < 4.78 is 2.03. The van der Waals surface area contributed by atoms with Gasteiger partial charge in [-0.05, 0) is 43.3 Å². The van der Waals surface area contributed by atoms with Crippen LogP contribution in [0, 0.1) is 0 Å². The molecule has 2 rings (SSSR count). The fraction of sp³-hybridized carbons (Fsp3) is 0.200. The molecule has 1 aromatic carbocycles. The van der Waals surface area contributed by atoms with Gasteiger partial charge < -0.3 is 9.88 Å². The second-order valence-corrected chi connectivity index (χ2v) is 4.69. The van der Waals surface area contributed by atoms with Crippen molar-refractivity contribution >= 4 is 23.8 Å². The molecular weight excluding hydrogens is 286 g/mol. The predicted molar refractivity (Wildman–Crippen MR) is 88.5 cm³/mol. The van der Waals surface area contributed by atoms with Crippen molar-refractivity contribution < 1.29 is 0 Å². The average Bonchev–Trinajstić information content (AvgIpc) is 2.95. The van der Waals surface area contributed by atoms with Crippen LogP contribution in [0.2, 0.25) is 5.02 Å². The number of nitrogens with one attached hydrogen (secondary N) is 2. The van der Waals surface area contributed by atoms with Crippen LogP contribution in [0.3, 0.4) is 0 Å². The van der Waals surface area contributed by atoms with Crippen molar-refractivity contribution in [2.45, 2.75) is 6.92 Å². The smallest absolute Gasteiger partial charge is 0.211 e. The van der Waals surface area contributed by atoms with Gasteiger partial charge in [0.15, 0.2) is 0 Å². The molecule has 5 nitrogen and oxygen atoms in total. The molecule has 0 spiro atoms. The Morgan fingerprint density at radius 3 is 2.71 bits per heavy atom. The number of aromatic nitrogens is 1. The van der Waals surface area contributed by atoms with E-state index in [4.69, 9.17) is 11.6 Å². The number of guanidine groups is 1. The van der Waals surface area contributed by atoms with Gasteiger partial charge in [-0.1, -0.05) is 11.6 Å². The summed E-state index contributed by atoms with van der Waals surface area (Å²) in [5.74, 6) is 0.637. The second kappa shape index (κ2) is 7.50. The van der Waals surface area contributed by atoms with Gasteiger partial charge in [-0.2, -0.15) is 5.10 Å². The summed E-state index contributed by atoms with van der Waals surface area (Å²) in [5.41, 5.74) is 4.86. The Morgan fingerprint density at radius 2 is 2.05 bits per heavy atom. The first-order valence-electron chi connectivity index (χ1n) is 6.67. The molecule has 21 heavy (non-hydrogen) atoms. The summed E-state index contributed by atoms with van der Waals surface area (Å²) in [6.45, 7) is 2.79. The molecule has 0 saturated carbocycles. The first kappa shape index (κ1) is 15.1. The lowest BCUT2D eigenvalue weighted by Crippen LogP contribution is -2.33. The topological polar surface area (TPSA) is 53.7 Å². The summed E-state index contributed by atoms with van der Waals surface area (Å²) in [7, 11) is 1.71. The Balaban J connectivity index is 2.12. The minimum Gasteiger partial charge on any atom is -0.355 e. The molecule has 1 aromatic heterocycles. The first-order valence-corrected chi connectivity index (χ1v) is 7.05. The molecule has 0 saturated heterocycles. The molecule has 0 amide bonds. The minimum absolute atomic E-state index is 0.637. The van der Waals surface area contributed by atoms with Gasteiger partial charge in [0.05, 0.1) is 11.9 Å². The van der Waals surface area contributed by atoms with Gasteiger partial charge in [-0.25, -0.2) is 5.43 Å². The first-order chi connectivity index (χ1) is 10.2. The molecule has 0 atom stereocenters. The second-order valence-electron chi connectivity index (χ2n) is 4.25. The highest BCUT2D eigenvalue weighted by Crippen LogP contribution is 2.15. The minimum atomic E-state index is 0.637. The van der Waals surface area contributed by atoms with E-state index in [1.807, 2.05) is 54.1 Å². The lowest BCUT2D eigenvalue weighted by atomic mass is 10.3. The lowest BCUT2D eigenvalue weighted by molar-refractivity contribution is 0.873. The van der Waals surface area contributed by atoms with Gasteiger partial charge in [0.2, 0.25) is 5.96 Å². The van der Waals surface area contributed by atoms with E-state index >= 15 is 0 Å². The highest BCUT2D eigenvalue weighted by molar-refractivity contribution is 6.30. The molecule has 0 radical (unpaired) electrons. The number of benzene rings is 1. The third-order valence-corrected chi connectivity index (χ3v) is 3.07. The van der Waals surface area contributed by atoms with Crippen LogP contribution >= 0.6 is 11.6 Å². The van der Waals surface area contributed by atoms with Crippen LogP contribution in [-0.2, 0) is 0 Å². The van der Waals surface area contributed by atoms with Crippen LogP contribution in [-0.4, -0.2) is 30.3 Å². The van der Waals surface area contributed by atoms with Crippen LogP contribution in [0.5, 0.6) is 0 Å². The van der Waals surface area contributed by atoms with Crippen LogP contribution in [0.25, 0.3) is 5.69 Å². The van der Waals surface area contributed by atoms with Gasteiger partial charge in [0.25, 0.3) is 0 Å². The molecule has 2 aromatic rings. The number of nitrogens with zero attached hydrogens (tertiary/aromatic N) is 3. The van der Waals surface area contributed by atoms with E-state index in [2.05, 4.69) is 20.8 Å². The SMILES string of the molecule is CCNC(=NC)NN=Cc1cccn1-c1ccc(Cl)cc1. The van der Waals surface area contributed by atoms with E-state index < -0.39 is 0 Å². The van der Waals surface area contributed by atoms with E-state index in [1.165, 1.54) is 0 Å². The van der Waals surface area contributed by atoms with E-state index in [0.717, 1.165) is 22.9 Å². The van der Waals surface area contributed by atoms with E-state index in [9.17, 15) is 0 Å². The van der Waals surface area contributed by atoms with Crippen molar-refractivity contribution in [2.75, 3.05) is 13.6 Å². The fourth-order valence-electron chi connectivity index (χ4n) is 1.83. The summed E-state index contributed by atoms with van der Waals surface area (Å²) in [5, 5.41) is 7.98. The third kappa shape index (κ3) is 4.10. The monoisotopic (exact) mass is 303 g/mol. The number of halogens is 1. The van der Waals surface area contributed by atoms with Crippen LogP contribution < -0.4 is 10.7 Å². The molecule has 0 aliphatic carbocycles. The molecular formula is C15H18ClN5. The highest BCUT2D eigenvalue weighted by atomic mass is 35.5. The van der Waals surface area contributed by atoms with Gasteiger partial charge in [-0.3, -0.25) is 4.99 Å². The van der Waals surface area contributed by atoms with Crippen LogP contribution in [0.1, 0.15) is 12.6 Å². The van der Waals surface area contributed by atoms with E-state index in [-0.39, 0.29) is 0 Å². The molecule has 6 heteroatoms. The van der Waals surface area contributed by atoms with Gasteiger partial charge >= 0.3 is 0 Å². The Kier molecular flexibility index (Phi) is 5.40. The molecule has 0 fully saturated rings. The normalized spacial score (nSPS) is 11.9. The summed E-state index contributed by atoms with van der Waals surface area (Å²) in [6.07, 6.45) is 3.72. The Morgan fingerprint density at radius 1 is 1.29 bits per heavy atom. The molecule has 2 N–H and O–H groups in total. The van der Waals surface area contributed by atoms with Gasteiger partial charge in [-0.15, -0.1) is 0 Å². The maximum Gasteiger partial charge on any atom is 0.211 e. The summed E-state index contributed by atoms with van der Waals surface area (Å²) in [4.78, 5) is 4.05. The summed E-state index contributed by atoms with van der Waals surface area (Å²) in [6, 6.07) is 11.6. The summed E-state index contributed by atoms with van der Waals surface area (Å²) >= 11 is 5.91. The largest absolute Gasteiger partial charge is 0.355 e. The highest BCUT2D eigenvalue weighted by Gasteiger charge is 2.01. The average molecular weight is 304 g/mol. The molecule has 110 valence electrons. The van der Waals surface area contributed by atoms with Gasteiger partial charge in [0, 0.05) is 30.5 Å². The van der Waals surface area contributed by atoms with Crippen molar-refractivity contribution in [2.24, 2.45) is 10.1 Å².